The van der Waals surface area contributed by atoms with Gasteiger partial charge in [-0.3, -0.25) is 9.78 Å². The van der Waals surface area contributed by atoms with Crippen LogP contribution in [0.15, 0.2) is 12.1 Å². The number of aromatic nitrogens is 1. The smallest absolute Gasteiger partial charge is 0.255 e. The van der Waals surface area contributed by atoms with Crippen molar-refractivity contribution in [3.05, 3.63) is 29.1 Å². The molecule has 1 fully saturated rings. The summed E-state index contributed by atoms with van der Waals surface area (Å²) in [5.41, 5.74) is 2.58. The number of nitrogens with zero attached hydrogens (tertiary/aromatic N) is 2. The lowest BCUT2D eigenvalue weighted by Gasteiger charge is -2.21. The van der Waals surface area contributed by atoms with E-state index in [2.05, 4.69) is 4.98 Å². The van der Waals surface area contributed by atoms with Crippen molar-refractivity contribution in [3.63, 3.8) is 0 Å². The molecule has 0 spiro atoms. The molecule has 17 heavy (non-hydrogen) atoms. The van der Waals surface area contributed by atoms with E-state index in [0.29, 0.717) is 0 Å². The van der Waals surface area contributed by atoms with Gasteiger partial charge in [0.15, 0.2) is 0 Å². The third kappa shape index (κ3) is 2.84. The van der Waals surface area contributed by atoms with Gasteiger partial charge in [-0.15, -0.1) is 0 Å². The highest BCUT2D eigenvalue weighted by Gasteiger charge is 2.19. The Morgan fingerprint density at radius 2 is 1.76 bits per heavy atom. The van der Waals surface area contributed by atoms with Crippen LogP contribution in [0.1, 0.15) is 47.4 Å². The molecule has 0 N–H and O–H groups in total. The minimum absolute atomic E-state index is 0.150. The Morgan fingerprint density at radius 1 is 1.12 bits per heavy atom. The number of pyridine rings is 1. The van der Waals surface area contributed by atoms with Crippen molar-refractivity contribution in [1.82, 2.24) is 9.88 Å². The molecule has 2 heterocycles. The Labute approximate surface area is 103 Å². The summed E-state index contributed by atoms with van der Waals surface area (Å²) >= 11 is 0. The molecule has 1 aliphatic heterocycles. The van der Waals surface area contributed by atoms with Crippen molar-refractivity contribution in [1.29, 1.82) is 0 Å². The van der Waals surface area contributed by atoms with Crippen LogP contribution in [-0.4, -0.2) is 28.9 Å². The summed E-state index contributed by atoms with van der Waals surface area (Å²) in [5.74, 6) is 0.150. The van der Waals surface area contributed by atoms with Gasteiger partial charge in [0, 0.05) is 18.8 Å². The molecule has 3 heteroatoms. The predicted molar refractivity (Wildman–Crippen MR) is 68.1 cm³/mol. The van der Waals surface area contributed by atoms with Gasteiger partial charge in [-0.25, -0.2) is 0 Å². The average Bonchev–Trinajstić information content (AvgIpc) is 2.56. The van der Waals surface area contributed by atoms with E-state index in [1.165, 1.54) is 12.8 Å². The normalized spacial score (nSPS) is 16.7. The van der Waals surface area contributed by atoms with Crippen molar-refractivity contribution in [2.45, 2.75) is 39.5 Å². The number of likely N-dealkylation sites (tertiary alicyclic amines) is 1. The fourth-order valence-corrected chi connectivity index (χ4v) is 2.36. The van der Waals surface area contributed by atoms with E-state index >= 15 is 0 Å². The molecule has 1 amide bonds. The van der Waals surface area contributed by atoms with Crippen LogP contribution in [0.4, 0.5) is 0 Å². The van der Waals surface area contributed by atoms with Crippen LogP contribution in [-0.2, 0) is 0 Å². The number of rotatable bonds is 1. The first-order valence-electron chi connectivity index (χ1n) is 6.42. The highest BCUT2D eigenvalue weighted by atomic mass is 16.2. The summed E-state index contributed by atoms with van der Waals surface area (Å²) < 4.78 is 0. The van der Waals surface area contributed by atoms with Crippen molar-refractivity contribution < 1.29 is 4.79 Å². The van der Waals surface area contributed by atoms with E-state index in [1.807, 2.05) is 30.9 Å². The molecule has 0 saturated carbocycles. The molecule has 0 aromatic carbocycles. The first kappa shape index (κ1) is 12.1. The Bertz CT molecular complexity index is 407. The van der Waals surface area contributed by atoms with E-state index < -0.39 is 0 Å². The molecule has 2 rings (SSSR count). The number of aryl methyl sites for hydroxylation is 2. The number of hydrogen-bond donors (Lipinski definition) is 0. The van der Waals surface area contributed by atoms with E-state index in [0.717, 1.165) is 42.9 Å². The maximum atomic E-state index is 12.4. The SMILES string of the molecule is Cc1ccc(C(=O)N2CCCCCC2)c(C)n1. The molecular formula is C14H20N2O. The molecule has 0 bridgehead atoms. The minimum Gasteiger partial charge on any atom is -0.339 e. The quantitative estimate of drug-likeness (QED) is 0.746. The average molecular weight is 232 g/mol. The highest BCUT2D eigenvalue weighted by Crippen LogP contribution is 2.15. The van der Waals surface area contributed by atoms with Crippen molar-refractivity contribution in [2.75, 3.05) is 13.1 Å². The van der Waals surface area contributed by atoms with Crippen LogP contribution in [0.25, 0.3) is 0 Å². The molecule has 0 unspecified atom stereocenters. The van der Waals surface area contributed by atoms with Crippen LogP contribution in [0, 0.1) is 13.8 Å². The third-order valence-corrected chi connectivity index (χ3v) is 3.35. The lowest BCUT2D eigenvalue weighted by molar-refractivity contribution is 0.0760. The Hall–Kier alpha value is -1.38. The number of hydrogen-bond acceptors (Lipinski definition) is 2. The lowest BCUT2D eigenvalue weighted by atomic mass is 10.1. The van der Waals surface area contributed by atoms with Crippen molar-refractivity contribution >= 4 is 5.91 Å². The van der Waals surface area contributed by atoms with Crippen LogP contribution < -0.4 is 0 Å². The third-order valence-electron chi connectivity index (χ3n) is 3.35. The van der Waals surface area contributed by atoms with E-state index in [9.17, 15) is 4.79 Å². The van der Waals surface area contributed by atoms with Crippen LogP contribution in [0.2, 0.25) is 0 Å². The monoisotopic (exact) mass is 232 g/mol. The van der Waals surface area contributed by atoms with Gasteiger partial charge < -0.3 is 4.90 Å². The van der Waals surface area contributed by atoms with Gasteiger partial charge in [0.2, 0.25) is 0 Å². The summed E-state index contributed by atoms with van der Waals surface area (Å²) in [7, 11) is 0. The zero-order chi connectivity index (χ0) is 12.3. The van der Waals surface area contributed by atoms with E-state index in [-0.39, 0.29) is 5.91 Å². The summed E-state index contributed by atoms with van der Waals surface area (Å²) in [4.78, 5) is 18.7. The van der Waals surface area contributed by atoms with E-state index in [1.54, 1.807) is 0 Å². The molecule has 1 aliphatic rings. The molecule has 0 aliphatic carbocycles. The van der Waals surface area contributed by atoms with E-state index in [4.69, 9.17) is 0 Å². The summed E-state index contributed by atoms with van der Waals surface area (Å²) in [5, 5.41) is 0. The van der Waals surface area contributed by atoms with Crippen molar-refractivity contribution in [2.24, 2.45) is 0 Å². The largest absolute Gasteiger partial charge is 0.339 e. The molecule has 0 atom stereocenters. The first-order chi connectivity index (χ1) is 8.18. The first-order valence-corrected chi connectivity index (χ1v) is 6.42. The summed E-state index contributed by atoms with van der Waals surface area (Å²) in [6.45, 7) is 5.66. The van der Waals surface area contributed by atoms with Gasteiger partial charge in [0.05, 0.1) is 11.3 Å². The molecule has 1 aromatic rings. The molecule has 1 aromatic heterocycles. The van der Waals surface area contributed by atoms with Gasteiger partial charge in [-0.1, -0.05) is 12.8 Å². The molecule has 0 radical (unpaired) electrons. The topological polar surface area (TPSA) is 33.2 Å². The summed E-state index contributed by atoms with van der Waals surface area (Å²) in [6.07, 6.45) is 4.75. The Kier molecular flexibility index (Phi) is 3.77. The Morgan fingerprint density at radius 3 is 2.35 bits per heavy atom. The van der Waals surface area contributed by atoms with Gasteiger partial charge in [0.1, 0.15) is 0 Å². The second-order valence-electron chi connectivity index (χ2n) is 4.79. The van der Waals surface area contributed by atoms with Crippen LogP contribution in [0.5, 0.6) is 0 Å². The molecule has 92 valence electrons. The fourth-order valence-electron chi connectivity index (χ4n) is 2.36. The van der Waals surface area contributed by atoms with Crippen LogP contribution >= 0.6 is 0 Å². The second kappa shape index (κ2) is 5.30. The minimum atomic E-state index is 0.150. The maximum absolute atomic E-state index is 12.4. The summed E-state index contributed by atoms with van der Waals surface area (Å²) in [6, 6.07) is 3.82. The predicted octanol–water partition coefficient (Wildman–Crippen LogP) is 2.71. The maximum Gasteiger partial charge on any atom is 0.255 e. The molecular weight excluding hydrogens is 212 g/mol. The molecule has 1 saturated heterocycles. The van der Waals surface area contributed by atoms with Gasteiger partial charge >= 0.3 is 0 Å². The van der Waals surface area contributed by atoms with Crippen molar-refractivity contribution in [3.8, 4) is 0 Å². The second-order valence-corrected chi connectivity index (χ2v) is 4.79. The molecule has 3 nitrogen and oxygen atoms in total. The standard InChI is InChI=1S/C14H20N2O/c1-11-7-8-13(12(2)15-11)14(17)16-9-5-3-4-6-10-16/h7-8H,3-6,9-10H2,1-2H3. The van der Waals surface area contributed by atoms with Gasteiger partial charge in [-0.05, 0) is 38.8 Å². The van der Waals surface area contributed by atoms with Gasteiger partial charge in [-0.2, -0.15) is 0 Å². The van der Waals surface area contributed by atoms with Gasteiger partial charge in [0.25, 0.3) is 5.91 Å². The lowest BCUT2D eigenvalue weighted by Crippen LogP contribution is -2.32. The van der Waals surface area contributed by atoms with Crippen LogP contribution in [0.3, 0.4) is 0 Å². The Balaban J connectivity index is 2.17. The highest BCUT2D eigenvalue weighted by molar-refractivity contribution is 5.95. The number of carbonyl (C=O) groups excluding carboxylic acids is 1. The number of amides is 1. The zero-order valence-corrected chi connectivity index (χ0v) is 10.7. The number of carbonyl (C=O) groups is 1. The zero-order valence-electron chi connectivity index (χ0n) is 10.7. The fraction of sp³-hybridized carbons (Fsp3) is 0.571.